The van der Waals surface area contributed by atoms with Gasteiger partial charge in [-0.1, -0.05) is 11.3 Å². The van der Waals surface area contributed by atoms with E-state index in [1.54, 1.807) is 6.92 Å². The second kappa shape index (κ2) is 6.31. The van der Waals surface area contributed by atoms with Gasteiger partial charge in [0.1, 0.15) is 4.88 Å². The molecule has 0 fully saturated rings. The minimum absolute atomic E-state index is 0.0290. The number of esters is 1. The van der Waals surface area contributed by atoms with E-state index in [9.17, 15) is 14.9 Å². The molecule has 1 heterocycles. The molecule has 1 aromatic carbocycles. The van der Waals surface area contributed by atoms with Crippen molar-refractivity contribution in [1.82, 2.24) is 4.98 Å². The third-order valence-electron chi connectivity index (χ3n) is 2.59. The maximum atomic E-state index is 11.9. The Kier molecular flexibility index (Phi) is 4.49. The average Bonchev–Trinajstić information content (AvgIpc) is 2.92. The van der Waals surface area contributed by atoms with Gasteiger partial charge >= 0.3 is 5.97 Å². The summed E-state index contributed by atoms with van der Waals surface area (Å²) in [5.41, 5.74) is 0.951. The summed E-state index contributed by atoms with van der Waals surface area (Å²) in [6.45, 7) is 1.96. The second-order valence-electron chi connectivity index (χ2n) is 3.89. The molecule has 0 bridgehead atoms. The minimum atomic E-state index is -0.494. The van der Waals surface area contributed by atoms with Crippen LogP contribution >= 0.6 is 11.3 Å². The number of nitro groups is 1. The lowest BCUT2D eigenvalue weighted by Gasteiger charge is -2.02. The highest BCUT2D eigenvalue weighted by Crippen LogP contribution is 2.33. The van der Waals surface area contributed by atoms with Gasteiger partial charge in [-0.15, -0.1) is 0 Å². The van der Waals surface area contributed by atoms with Gasteiger partial charge in [-0.25, -0.2) is 9.78 Å². The molecular formula is C13H12N2O5S. The van der Waals surface area contributed by atoms with Gasteiger partial charge in [0.2, 0.25) is 0 Å². The maximum Gasteiger partial charge on any atom is 0.350 e. The van der Waals surface area contributed by atoms with Crippen LogP contribution in [-0.4, -0.2) is 29.6 Å². The lowest BCUT2D eigenvalue weighted by molar-refractivity contribution is -0.384. The molecule has 0 radical (unpaired) electrons. The standard InChI is InChI=1S/C13H12N2O5S/c1-3-20-12(16)11-10(14-13(19-2)21-11)8-4-6-9(7-5-8)15(17)18/h4-7H,3H2,1-2H3. The van der Waals surface area contributed by atoms with E-state index in [-0.39, 0.29) is 12.3 Å². The number of thiazole rings is 1. The number of hydrogen-bond acceptors (Lipinski definition) is 7. The molecule has 21 heavy (non-hydrogen) atoms. The molecule has 7 nitrogen and oxygen atoms in total. The molecule has 0 atom stereocenters. The number of hydrogen-bond donors (Lipinski definition) is 0. The first-order valence-corrected chi connectivity index (χ1v) is 6.85. The van der Waals surface area contributed by atoms with Gasteiger partial charge in [0.15, 0.2) is 0 Å². The largest absolute Gasteiger partial charge is 0.473 e. The van der Waals surface area contributed by atoms with Crippen LogP contribution in [0.15, 0.2) is 24.3 Å². The molecule has 0 N–H and O–H groups in total. The predicted octanol–water partition coefficient (Wildman–Crippen LogP) is 2.90. The molecule has 8 heteroatoms. The number of carbonyl (C=O) groups is 1. The van der Waals surface area contributed by atoms with Gasteiger partial charge in [0.05, 0.1) is 24.3 Å². The van der Waals surface area contributed by atoms with Gasteiger partial charge in [0, 0.05) is 17.7 Å². The average molecular weight is 308 g/mol. The number of methoxy groups -OCH3 is 1. The highest BCUT2D eigenvalue weighted by molar-refractivity contribution is 7.15. The Labute approximate surface area is 124 Å². The summed E-state index contributed by atoms with van der Waals surface area (Å²) < 4.78 is 10.0. The molecule has 0 spiro atoms. The summed E-state index contributed by atoms with van der Waals surface area (Å²) in [6, 6.07) is 5.79. The highest BCUT2D eigenvalue weighted by atomic mass is 32.1. The van der Waals surface area contributed by atoms with Crippen molar-refractivity contribution in [2.75, 3.05) is 13.7 Å². The van der Waals surface area contributed by atoms with Crippen molar-refractivity contribution in [3.05, 3.63) is 39.3 Å². The third-order valence-corrected chi connectivity index (χ3v) is 3.59. The molecule has 1 aromatic heterocycles. The first kappa shape index (κ1) is 14.9. The molecule has 0 aliphatic rings. The Morgan fingerprint density at radius 1 is 1.38 bits per heavy atom. The number of ether oxygens (including phenoxy) is 2. The number of carbonyl (C=O) groups excluding carboxylic acids is 1. The van der Waals surface area contributed by atoms with Gasteiger partial charge < -0.3 is 9.47 Å². The Bertz CT molecular complexity index is 666. The van der Waals surface area contributed by atoms with E-state index in [2.05, 4.69) is 4.98 Å². The topological polar surface area (TPSA) is 91.6 Å². The molecule has 0 amide bonds. The van der Waals surface area contributed by atoms with Crippen molar-refractivity contribution in [2.45, 2.75) is 6.92 Å². The molecule has 0 saturated heterocycles. The van der Waals surface area contributed by atoms with Crippen molar-refractivity contribution in [2.24, 2.45) is 0 Å². The van der Waals surface area contributed by atoms with Gasteiger partial charge in [0.25, 0.3) is 10.9 Å². The van der Waals surface area contributed by atoms with Gasteiger partial charge in [-0.3, -0.25) is 10.1 Å². The van der Waals surface area contributed by atoms with E-state index in [4.69, 9.17) is 9.47 Å². The van der Waals surface area contributed by atoms with E-state index in [0.717, 1.165) is 11.3 Å². The van der Waals surface area contributed by atoms with Crippen LogP contribution in [0.25, 0.3) is 11.3 Å². The van der Waals surface area contributed by atoms with Crippen molar-refractivity contribution in [3.63, 3.8) is 0 Å². The molecule has 2 aromatic rings. The van der Waals surface area contributed by atoms with Crippen molar-refractivity contribution < 1.29 is 19.2 Å². The molecule has 0 saturated carbocycles. The highest BCUT2D eigenvalue weighted by Gasteiger charge is 2.21. The maximum absolute atomic E-state index is 11.9. The van der Waals surface area contributed by atoms with Crippen molar-refractivity contribution in [3.8, 4) is 16.5 Å². The van der Waals surface area contributed by atoms with Gasteiger partial charge in [-0.2, -0.15) is 0 Å². The summed E-state index contributed by atoms with van der Waals surface area (Å²) >= 11 is 1.07. The molecule has 110 valence electrons. The number of non-ortho nitro benzene ring substituents is 1. The smallest absolute Gasteiger partial charge is 0.350 e. The SMILES string of the molecule is CCOC(=O)c1sc(OC)nc1-c1ccc([N+](=O)[O-])cc1. The molecule has 0 aliphatic carbocycles. The summed E-state index contributed by atoms with van der Waals surface area (Å²) in [6.07, 6.45) is 0. The van der Waals surface area contributed by atoms with Crippen LogP contribution in [0.1, 0.15) is 16.6 Å². The fourth-order valence-corrected chi connectivity index (χ4v) is 2.46. The fourth-order valence-electron chi connectivity index (χ4n) is 1.66. The Hall–Kier alpha value is -2.48. The predicted molar refractivity (Wildman–Crippen MR) is 76.7 cm³/mol. The van der Waals surface area contributed by atoms with Crippen LogP contribution in [0.4, 0.5) is 5.69 Å². The Morgan fingerprint density at radius 3 is 2.57 bits per heavy atom. The number of aromatic nitrogens is 1. The van der Waals surface area contributed by atoms with Crippen LogP contribution in [0, 0.1) is 10.1 Å². The van der Waals surface area contributed by atoms with E-state index in [0.29, 0.717) is 21.3 Å². The second-order valence-corrected chi connectivity index (χ2v) is 4.85. The molecule has 0 unspecified atom stereocenters. The first-order valence-electron chi connectivity index (χ1n) is 6.03. The van der Waals surface area contributed by atoms with Crippen LogP contribution in [-0.2, 0) is 4.74 Å². The van der Waals surface area contributed by atoms with Gasteiger partial charge in [-0.05, 0) is 19.1 Å². The van der Waals surface area contributed by atoms with E-state index >= 15 is 0 Å². The summed E-state index contributed by atoms with van der Waals surface area (Å²) in [4.78, 5) is 26.6. The van der Waals surface area contributed by atoms with Crippen molar-refractivity contribution >= 4 is 23.0 Å². The minimum Gasteiger partial charge on any atom is -0.473 e. The van der Waals surface area contributed by atoms with E-state index in [1.165, 1.54) is 31.4 Å². The van der Waals surface area contributed by atoms with Crippen LogP contribution < -0.4 is 4.74 Å². The van der Waals surface area contributed by atoms with Crippen LogP contribution in [0.3, 0.4) is 0 Å². The summed E-state index contributed by atoms with van der Waals surface area (Å²) in [5.74, 6) is -0.494. The number of nitro benzene ring substituents is 1. The molecule has 2 rings (SSSR count). The zero-order valence-electron chi connectivity index (χ0n) is 11.4. The Balaban J connectivity index is 2.44. The quantitative estimate of drug-likeness (QED) is 0.479. The van der Waals surface area contributed by atoms with E-state index in [1.807, 2.05) is 0 Å². The Morgan fingerprint density at radius 2 is 2.05 bits per heavy atom. The number of rotatable bonds is 5. The number of benzene rings is 1. The lowest BCUT2D eigenvalue weighted by Crippen LogP contribution is -2.04. The van der Waals surface area contributed by atoms with Crippen LogP contribution in [0.5, 0.6) is 5.19 Å². The van der Waals surface area contributed by atoms with Crippen LogP contribution in [0.2, 0.25) is 0 Å². The normalized spacial score (nSPS) is 10.2. The monoisotopic (exact) mass is 308 g/mol. The first-order chi connectivity index (χ1) is 10.1. The van der Waals surface area contributed by atoms with E-state index < -0.39 is 10.9 Å². The summed E-state index contributed by atoms with van der Waals surface area (Å²) in [5, 5.41) is 11.0. The fraction of sp³-hybridized carbons (Fsp3) is 0.231. The zero-order chi connectivity index (χ0) is 15.4. The van der Waals surface area contributed by atoms with Crippen molar-refractivity contribution in [1.29, 1.82) is 0 Å². The molecule has 0 aliphatic heterocycles. The molecular weight excluding hydrogens is 296 g/mol. The summed E-state index contributed by atoms with van der Waals surface area (Å²) in [7, 11) is 1.45. The number of nitrogens with zero attached hydrogens (tertiary/aromatic N) is 2. The third kappa shape index (κ3) is 3.16. The lowest BCUT2D eigenvalue weighted by atomic mass is 10.1. The zero-order valence-corrected chi connectivity index (χ0v) is 12.2.